The molecular formula is C26H25Cl3N4O. The summed E-state index contributed by atoms with van der Waals surface area (Å²) in [4.78, 5) is 4.79. The zero-order chi connectivity index (χ0) is 22.8. The van der Waals surface area contributed by atoms with Crippen LogP contribution in [0.2, 0.25) is 10.0 Å². The van der Waals surface area contributed by atoms with Crippen molar-refractivity contribution in [2.24, 2.45) is 0 Å². The number of hydrogen-bond donors (Lipinski definition) is 0. The van der Waals surface area contributed by atoms with E-state index < -0.39 is 0 Å². The van der Waals surface area contributed by atoms with E-state index >= 15 is 0 Å². The number of hydrogen-bond acceptors (Lipinski definition) is 5. The van der Waals surface area contributed by atoms with Gasteiger partial charge in [-0.3, -0.25) is 4.90 Å². The Morgan fingerprint density at radius 1 is 0.853 bits per heavy atom. The lowest BCUT2D eigenvalue weighted by atomic mass is 10.0. The molecule has 1 unspecified atom stereocenters. The Balaban J connectivity index is 0.00000274. The maximum atomic E-state index is 6.36. The van der Waals surface area contributed by atoms with Crippen LogP contribution in [-0.4, -0.2) is 41.3 Å². The van der Waals surface area contributed by atoms with E-state index in [1.54, 1.807) is 0 Å². The summed E-state index contributed by atoms with van der Waals surface area (Å²) in [5, 5.41) is 10.1. The first-order chi connectivity index (χ1) is 16.1. The number of benzene rings is 3. The molecule has 1 fully saturated rings. The Bertz CT molecular complexity index is 1240. The molecule has 1 aliphatic rings. The van der Waals surface area contributed by atoms with E-state index in [0.717, 1.165) is 42.3 Å². The number of piperazine rings is 1. The maximum absolute atomic E-state index is 6.36. The Morgan fingerprint density at radius 3 is 2.29 bits per heavy atom. The summed E-state index contributed by atoms with van der Waals surface area (Å²) < 4.78 is 6.19. The van der Waals surface area contributed by atoms with Crippen LogP contribution in [0.1, 0.15) is 23.1 Å². The third-order valence-corrected chi connectivity index (χ3v) is 6.65. The van der Waals surface area contributed by atoms with Crippen LogP contribution < -0.4 is 4.90 Å². The summed E-state index contributed by atoms with van der Waals surface area (Å²) in [6.45, 7) is 5.61. The smallest absolute Gasteiger partial charge is 0.249 e. The molecule has 1 saturated heterocycles. The predicted octanol–water partition coefficient (Wildman–Crippen LogP) is 6.69. The molecule has 0 N–H and O–H groups in total. The number of anilines is 1. The molecule has 8 heteroatoms. The van der Waals surface area contributed by atoms with E-state index in [1.165, 1.54) is 11.3 Å². The molecule has 1 aliphatic heterocycles. The van der Waals surface area contributed by atoms with E-state index in [-0.39, 0.29) is 18.4 Å². The Kier molecular flexibility index (Phi) is 7.79. The molecule has 1 aromatic heterocycles. The third-order valence-electron chi connectivity index (χ3n) is 6.09. The van der Waals surface area contributed by atoms with Gasteiger partial charge in [-0.05, 0) is 42.3 Å². The SMILES string of the molecule is Cc1ccc(Cl)cc1N1CCN(C(c2ccccc2)c2nnc(-c3ccccc3Cl)o2)CC1.Cl. The second-order valence-corrected chi connectivity index (χ2v) is 9.04. The van der Waals surface area contributed by atoms with Gasteiger partial charge in [0, 0.05) is 36.9 Å². The molecule has 0 saturated carbocycles. The maximum Gasteiger partial charge on any atom is 0.249 e. The van der Waals surface area contributed by atoms with Crippen LogP contribution >= 0.6 is 35.6 Å². The van der Waals surface area contributed by atoms with E-state index in [4.69, 9.17) is 27.6 Å². The monoisotopic (exact) mass is 514 g/mol. The van der Waals surface area contributed by atoms with Gasteiger partial charge in [0.15, 0.2) is 0 Å². The largest absolute Gasteiger partial charge is 0.419 e. The average molecular weight is 516 g/mol. The van der Waals surface area contributed by atoms with Crippen LogP contribution in [0, 0.1) is 6.92 Å². The summed E-state index contributed by atoms with van der Waals surface area (Å²) in [6.07, 6.45) is 0. The van der Waals surface area contributed by atoms with Crippen LogP contribution in [0.15, 0.2) is 77.2 Å². The molecule has 5 rings (SSSR count). The van der Waals surface area contributed by atoms with Crippen LogP contribution in [0.25, 0.3) is 11.5 Å². The molecule has 0 radical (unpaired) electrons. The van der Waals surface area contributed by atoms with Gasteiger partial charge in [0.2, 0.25) is 11.8 Å². The minimum Gasteiger partial charge on any atom is -0.419 e. The highest BCUT2D eigenvalue weighted by atomic mass is 35.5. The van der Waals surface area contributed by atoms with E-state index in [9.17, 15) is 0 Å². The zero-order valence-corrected chi connectivity index (χ0v) is 21.0. The number of aryl methyl sites for hydroxylation is 1. The highest BCUT2D eigenvalue weighted by Gasteiger charge is 2.31. The van der Waals surface area contributed by atoms with Crippen LogP contribution in [0.3, 0.4) is 0 Å². The molecular weight excluding hydrogens is 491 g/mol. The first-order valence-corrected chi connectivity index (χ1v) is 11.7. The zero-order valence-electron chi connectivity index (χ0n) is 18.7. The summed E-state index contributed by atoms with van der Waals surface area (Å²) >= 11 is 12.6. The first-order valence-electron chi connectivity index (χ1n) is 11.0. The number of rotatable bonds is 5. The van der Waals surface area contributed by atoms with Crippen molar-refractivity contribution in [3.05, 3.63) is 99.9 Å². The lowest BCUT2D eigenvalue weighted by Gasteiger charge is -2.39. The molecule has 5 nitrogen and oxygen atoms in total. The topological polar surface area (TPSA) is 45.4 Å². The lowest BCUT2D eigenvalue weighted by Crippen LogP contribution is -2.48. The fraction of sp³-hybridized carbons (Fsp3) is 0.231. The second kappa shape index (κ2) is 10.8. The summed E-state index contributed by atoms with van der Waals surface area (Å²) in [5.74, 6) is 1.01. The van der Waals surface area contributed by atoms with Gasteiger partial charge in [-0.2, -0.15) is 0 Å². The van der Waals surface area contributed by atoms with Crippen molar-refractivity contribution in [1.29, 1.82) is 0 Å². The molecule has 2 heterocycles. The molecule has 34 heavy (non-hydrogen) atoms. The molecule has 4 aromatic rings. The summed E-state index contributed by atoms with van der Waals surface area (Å²) in [5.41, 5.74) is 4.29. The van der Waals surface area contributed by atoms with Crippen molar-refractivity contribution in [3.63, 3.8) is 0 Å². The predicted molar refractivity (Wildman–Crippen MR) is 140 cm³/mol. The molecule has 176 valence electrons. The Hall–Kier alpha value is -2.57. The third kappa shape index (κ3) is 5.08. The van der Waals surface area contributed by atoms with Gasteiger partial charge < -0.3 is 9.32 Å². The van der Waals surface area contributed by atoms with Crippen molar-refractivity contribution in [2.45, 2.75) is 13.0 Å². The first kappa shape index (κ1) is 24.6. The van der Waals surface area contributed by atoms with Gasteiger partial charge in [0.05, 0.1) is 10.6 Å². The fourth-order valence-corrected chi connectivity index (χ4v) is 4.76. The second-order valence-electron chi connectivity index (χ2n) is 8.19. The lowest BCUT2D eigenvalue weighted by molar-refractivity contribution is 0.188. The molecule has 0 spiro atoms. The van der Waals surface area contributed by atoms with Crippen LogP contribution in [0.5, 0.6) is 0 Å². The van der Waals surface area contributed by atoms with Gasteiger partial charge in [-0.25, -0.2) is 0 Å². The molecule has 3 aromatic carbocycles. The molecule has 1 atom stereocenters. The van der Waals surface area contributed by atoms with E-state index in [1.807, 2.05) is 48.5 Å². The normalized spacial score (nSPS) is 15.1. The number of aromatic nitrogens is 2. The van der Waals surface area contributed by atoms with Gasteiger partial charge in [-0.15, -0.1) is 22.6 Å². The van der Waals surface area contributed by atoms with Crippen LogP contribution in [0.4, 0.5) is 5.69 Å². The fourth-order valence-electron chi connectivity index (χ4n) is 4.38. The highest BCUT2D eigenvalue weighted by Crippen LogP contribution is 2.34. The standard InChI is InChI=1S/C26H24Cl2N4O.ClH/c1-18-11-12-20(27)17-23(18)31-13-15-32(16-14-31)24(19-7-3-2-4-8-19)26-30-29-25(33-26)21-9-5-6-10-22(21)28;/h2-12,17,24H,13-16H2,1H3;1H. The minimum absolute atomic E-state index is 0. The van der Waals surface area contributed by atoms with Gasteiger partial charge >= 0.3 is 0 Å². The van der Waals surface area contributed by atoms with Gasteiger partial charge in [0.25, 0.3) is 0 Å². The molecule has 0 amide bonds. The highest BCUT2D eigenvalue weighted by molar-refractivity contribution is 6.33. The molecule has 0 aliphatic carbocycles. The minimum atomic E-state index is -0.127. The Morgan fingerprint density at radius 2 is 1.56 bits per heavy atom. The van der Waals surface area contributed by atoms with Gasteiger partial charge in [-0.1, -0.05) is 71.7 Å². The number of nitrogens with zero attached hydrogens (tertiary/aromatic N) is 4. The van der Waals surface area contributed by atoms with Crippen molar-refractivity contribution >= 4 is 41.3 Å². The number of halogens is 3. The average Bonchev–Trinajstić information content (AvgIpc) is 3.32. The Labute approximate surface area is 215 Å². The van der Waals surface area contributed by atoms with Crippen molar-refractivity contribution in [3.8, 4) is 11.5 Å². The van der Waals surface area contributed by atoms with Gasteiger partial charge in [0.1, 0.15) is 6.04 Å². The summed E-state index contributed by atoms with van der Waals surface area (Å²) in [7, 11) is 0. The van der Waals surface area contributed by atoms with Crippen LogP contribution in [-0.2, 0) is 0 Å². The van der Waals surface area contributed by atoms with Crippen molar-refractivity contribution < 1.29 is 4.42 Å². The quantitative estimate of drug-likeness (QED) is 0.296. The van der Waals surface area contributed by atoms with E-state index in [0.29, 0.717) is 16.8 Å². The summed E-state index contributed by atoms with van der Waals surface area (Å²) in [6, 6.07) is 23.8. The van der Waals surface area contributed by atoms with Crippen molar-refractivity contribution in [2.75, 3.05) is 31.1 Å². The molecule has 0 bridgehead atoms. The van der Waals surface area contributed by atoms with Crippen molar-refractivity contribution in [1.82, 2.24) is 15.1 Å². The van der Waals surface area contributed by atoms with E-state index in [2.05, 4.69) is 51.2 Å².